The number of carboxylic acids is 1. The highest BCUT2D eigenvalue weighted by Gasteiger charge is 2.28. The molecule has 0 saturated carbocycles. The monoisotopic (exact) mass is 349 g/mol. The first-order chi connectivity index (χ1) is 11.2. The molecule has 1 aromatic carbocycles. The van der Waals surface area contributed by atoms with Gasteiger partial charge in [-0.25, -0.2) is 4.98 Å². The first-order valence-corrected chi connectivity index (χ1v) is 7.80. The summed E-state index contributed by atoms with van der Waals surface area (Å²) in [6.45, 7) is 3.00. The summed E-state index contributed by atoms with van der Waals surface area (Å²) in [5.74, 6) is -1.47. The van der Waals surface area contributed by atoms with Crippen molar-refractivity contribution < 1.29 is 19.6 Å². The van der Waals surface area contributed by atoms with Gasteiger partial charge in [-0.05, 0) is 26.0 Å². The second-order valence-electron chi connectivity index (χ2n) is 5.71. The Labute approximate surface area is 141 Å². The molecule has 2 aromatic rings. The third-order valence-corrected chi connectivity index (χ3v) is 4.22. The highest BCUT2D eigenvalue weighted by atomic mass is 32.1. The Morgan fingerprint density at radius 2 is 1.96 bits per heavy atom. The zero-order chi connectivity index (χ0) is 17.9. The summed E-state index contributed by atoms with van der Waals surface area (Å²) >= 11 is 1.23. The first kappa shape index (κ1) is 17.5. The Morgan fingerprint density at radius 1 is 1.33 bits per heavy atom. The predicted molar refractivity (Wildman–Crippen MR) is 88.0 cm³/mol. The van der Waals surface area contributed by atoms with Gasteiger partial charge in [-0.15, -0.1) is 11.3 Å². The van der Waals surface area contributed by atoms with Crippen LogP contribution in [0.5, 0.6) is 0 Å². The molecule has 24 heavy (non-hydrogen) atoms. The molecule has 8 nitrogen and oxygen atoms in total. The van der Waals surface area contributed by atoms with E-state index in [4.69, 9.17) is 5.11 Å². The van der Waals surface area contributed by atoms with E-state index in [1.807, 2.05) is 0 Å². The quantitative estimate of drug-likeness (QED) is 0.610. The molecule has 1 aromatic heterocycles. The molecule has 2 N–H and O–H groups in total. The van der Waals surface area contributed by atoms with Crippen molar-refractivity contribution in [1.82, 2.24) is 10.3 Å². The Morgan fingerprint density at radius 3 is 2.50 bits per heavy atom. The number of nitrogens with one attached hydrogen (secondary N) is 1. The van der Waals surface area contributed by atoms with Gasteiger partial charge in [0, 0.05) is 29.6 Å². The normalized spacial score (nSPS) is 11.1. The smallest absolute Gasteiger partial charge is 0.310 e. The van der Waals surface area contributed by atoms with Crippen LogP contribution in [0.25, 0.3) is 10.6 Å². The average molecular weight is 349 g/mol. The maximum absolute atomic E-state index is 12.1. The summed E-state index contributed by atoms with van der Waals surface area (Å²) in [7, 11) is 0. The van der Waals surface area contributed by atoms with E-state index in [0.717, 1.165) is 0 Å². The van der Waals surface area contributed by atoms with Crippen molar-refractivity contribution >= 4 is 28.9 Å². The topological polar surface area (TPSA) is 122 Å². The second-order valence-corrected chi connectivity index (χ2v) is 6.57. The van der Waals surface area contributed by atoms with Gasteiger partial charge in [0.1, 0.15) is 10.7 Å². The summed E-state index contributed by atoms with van der Waals surface area (Å²) in [6, 6.07) is 5.86. The van der Waals surface area contributed by atoms with Gasteiger partial charge in [-0.3, -0.25) is 19.7 Å². The molecule has 0 aliphatic rings. The summed E-state index contributed by atoms with van der Waals surface area (Å²) in [5, 5.41) is 24.3. The zero-order valence-corrected chi connectivity index (χ0v) is 13.8. The van der Waals surface area contributed by atoms with Crippen molar-refractivity contribution in [2.45, 2.75) is 13.8 Å². The minimum atomic E-state index is -1.08. The van der Waals surface area contributed by atoms with E-state index < -0.39 is 22.2 Å². The number of non-ortho nitro benzene ring substituents is 1. The molecule has 2 rings (SSSR count). The van der Waals surface area contributed by atoms with Crippen molar-refractivity contribution in [2.75, 3.05) is 6.54 Å². The van der Waals surface area contributed by atoms with E-state index >= 15 is 0 Å². The van der Waals surface area contributed by atoms with Crippen LogP contribution in [0, 0.1) is 15.5 Å². The van der Waals surface area contributed by atoms with Gasteiger partial charge in [0.2, 0.25) is 0 Å². The van der Waals surface area contributed by atoms with E-state index in [0.29, 0.717) is 10.6 Å². The number of hydrogen-bond donors (Lipinski definition) is 2. The van der Waals surface area contributed by atoms with Crippen LogP contribution in [0.15, 0.2) is 29.6 Å². The number of thiazole rings is 1. The number of aromatic nitrogens is 1. The lowest BCUT2D eigenvalue weighted by Crippen LogP contribution is -2.39. The minimum absolute atomic E-state index is 0.0223. The fourth-order valence-electron chi connectivity index (χ4n) is 1.70. The number of carboxylic acid groups (broad SMARTS) is 1. The highest BCUT2D eigenvalue weighted by Crippen LogP contribution is 2.25. The molecule has 0 aliphatic heterocycles. The third-order valence-electron chi connectivity index (χ3n) is 3.33. The maximum Gasteiger partial charge on any atom is 0.310 e. The van der Waals surface area contributed by atoms with E-state index in [9.17, 15) is 19.7 Å². The maximum atomic E-state index is 12.1. The van der Waals surface area contributed by atoms with Crippen molar-refractivity contribution in [3.8, 4) is 10.6 Å². The number of amides is 1. The number of carbonyl (C=O) groups is 2. The highest BCUT2D eigenvalue weighted by molar-refractivity contribution is 7.13. The number of nitro groups is 1. The number of nitro benzene ring substituents is 1. The number of rotatable bonds is 6. The van der Waals surface area contributed by atoms with Gasteiger partial charge in [0.05, 0.1) is 10.3 Å². The molecule has 0 radical (unpaired) electrons. The van der Waals surface area contributed by atoms with Crippen LogP contribution in [0.3, 0.4) is 0 Å². The zero-order valence-electron chi connectivity index (χ0n) is 13.0. The summed E-state index contributed by atoms with van der Waals surface area (Å²) in [5.41, 5.74) is -0.262. The van der Waals surface area contributed by atoms with Gasteiger partial charge in [-0.2, -0.15) is 0 Å². The minimum Gasteiger partial charge on any atom is -0.481 e. The summed E-state index contributed by atoms with van der Waals surface area (Å²) < 4.78 is 0. The molecule has 0 bridgehead atoms. The molecular formula is C15H15N3O5S. The van der Waals surface area contributed by atoms with Crippen molar-refractivity contribution in [3.63, 3.8) is 0 Å². The second kappa shape index (κ2) is 6.75. The van der Waals surface area contributed by atoms with Gasteiger partial charge in [-0.1, -0.05) is 0 Å². The van der Waals surface area contributed by atoms with E-state index in [1.54, 1.807) is 17.5 Å². The molecular weight excluding hydrogens is 334 g/mol. The molecule has 0 saturated heterocycles. The van der Waals surface area contributed by atoms with E-state index in [-0.39, 0.29) is 17.9 Å². The average Bonchev–Trinajstić information content (AvgIpc) is 3.02. The van der Waals surface area contributed by atoms with Crippen LogP contribution in [0.2, 0.25) is 0 Å². The predicted octanol–water partition coefficient (Wildman–Crippen LogP) is 2.56. The number of benzene rings is 1. The van der Waals surface area contributed by atoms with Gasteiger partial charge in [0.15, 0.2) is 0 Å². The fraction of sp³-hybridized carbons (Fsp3) is 0.267. The Bertz CT molecular complexity index is 783. The third kappa shape index (κ3) is 3.93. The lowest BCUT2D eigenvalue weighted by molar-refractivity contribution is -0.384. The van der Waals surface area contributed by atoms with Crippen LogP contribution < -0.4 is 5.32 Å². The lowest BCUT2D eigenvalue weighted by Gasteiger charge is -2.18. The molecule has 9 heteroatoms. The number of aliphatic carboxylic acids is 1. The Kier molecular flexibility index (Phi) is 4.93. The van der Waals surface area contributed by atoms with Gasteiger partial charge >= 0.3 is 5.97 Å². The molecule has 0 aliphatic carbocycles. The standard InChI is InChI=1S/C15H15N3O5S/c1-15(2,14(20)21)8-16-12(19)11-7-24-13(17-11)9-3-5-10(6-4-9)18(22)23/h3-7H,8H2,1-2H3,(H,16,19)(H,20,21). The van der Waals surface area contributed by atoms with E-state index in [2.05, 4.69) is 10.3 Å². The van der Waals surface area contributed by atoms with Gasteiger partial charge < -0.3 is 10.4 Å². The molecule has 0 atom stereocenters. The molecule has 126 valence electrons. The van der Waals surface area contributed by atoms with Crippen molar-refractivity contribution in [2.24, 2.45) is 5.41 Å². The largest absolute Gasteiger partial charge is 0.481 e. The number of hydrogen-bond acceptors (Lipinski definition) is 6. The summed E-state index contributed by atoms with van der Waals surface area (Å²) in [4.78, 5) is 37.4. The summed E-state index contributed by atoms with van der Waals surface area (Å²) in [6.07, 6.45) is 0. The Hall–Kier alpha value is -2.81. The van der Waals surface area contributed by atoms with Crippen LogP contribution in [0.4, 0.5) is 5.69 Å². The van der Waals surface area contributed by atoms with E-state index in [1.165, 1.54) is 37.3 Å². The SMILES string of the molecule is CC(C)(CNC(=O)c1csc(-c2ccc([N+](=O)[O-])cc2)n1)C(=O)O. The molecule has 0 unspecified atom stereocenters. The van der Waals surface area contributed by atoms with Crippen LogP contribution in [-0.4, -0.2) is 33.4 Å². The van der Waals surface area contributed by atoms with Crippen LogP contribution in [-0.2, 0) is 4.79 Å². The first-order valence-electron chi connectivity index (χ1n) is 6.92. The van der Waals surface area contributed by atoms with Gasteiger partial charge in [0.25, 0.3) is 11.6 Å². The number of nitrogens with zero attached hydrogens (tertiary/aromatic N) is 2. The molecule has 0 spiro atoms. The van der Waals surface area contributed by atoms with Crippen molar-refractivity contribution in [1.29, 1.82) is 0 Å². The molecule has 1 heterocycles. The van der Waals surface area contributed by atoms with Crippen LogP contribution in [0.1, 0.15) is 24.3 Å². The van der Waals surface area contributed by atoms with Crippen molar-refractivity contribution in [3.05, 3.63) is 45.5 Å². The number of carbonyl (C=O) groups excluding carboxylic acids is 1. The fourth-order valence-corrected chi connectivity index (χ4v) is 2.51. The lowest BCUT2D eigenvalue weighted by atomic mass is 9.94. The Balaban J connectivity index is 2.08. The molecule has 0 fully saturated rings. The van der Waals surface area contributed by atoms with Crippen LogP contribution >= 0.6 is 11.3 Å². The molecule has 1 amide bonds.